The molecule has 162 valence electrons. The Bertz CT molecular complexity index is 1210. The molecule has 4 rings (SSSR count). The minimum Gasteiger partial charge on any atom is -0.497 e. The normalized spacial score (nSPS) is 11.6. The van der Waals surface area contributed by atoms with Crippen LogP contribution in [-0.2, 0) is 0 Å². The summed E-state index contributed by atoms with van der Waals surface area (Å²) in [6.45, 7) is 4.16. The van der Waals surface area contributed by atoms with Gasteiger partial charge in [-0.05, 0) is 61.4 Å². The lowest BCUT2D eigenvalue weighted by molar-refractivity contribution is 0.102. The van der Waals surface area contributed by atoms with Crippen LogP contribution in [0.15, 0.2) is 79.0 Å². The smallest absolute Gasteiger partial charge is 0.256 e. The number of carbonyl (C=O) groups excluding carboxylic acids is 1. The Hall–Kier alpha value is -3.64. The number of hydrogen-bond acceptors (Lipinski definition) is 5. The third-order valence-corrected chi connectivity index (χ3v) is 6.51. The summed E-state index contributed by atoms with van der Waals surface area (Å²) in [6.07, 6.45) is 1.76. The van der Waals surface area contributed by atoms with Crippen molar-refractivity contribution in [2.45, 2.75) is 19.9 Å². The van der Waals surface area contributed by atoms with Crippen LogP contribution < -0.4 is 15.4 Å². The summed E-state index contributed by atoms with van der Waals surface area (Å²) in [6, 6.07) is 22.8. The second-order valence-electron chi connectivity index (χ2n) is 7.42. The first kappa shape index (κ1) is 21.6. The van der Waals surface area contributed by atoms with Crippen LogP contribution in [0, 0.1) is 13.8 Å². The summed E-state index contributed by atoms with van der Waals surface area (Å²) in [7, 11) is 1.66. The van der Waals surface area contributed by atoms with Crippen LogP contribution in [0.25, 0.3) is 0 Å². The number of nitrogens with zero attached hydrogens (tertiary/aromatic N) is 1. The highest BCUT2D eigenvalue weighted by Gasteiger charge is 2.25. The van der Waals surface area contributed by atoms with Gasteiger partial charge in [0.05, 0.1) is 13.2 Å². The van der Waals surface area contributed by atoms with E-state index in [2.05, 4.69) is 35.5 Å². The van der Waals surface area contributed by atoms with E-state index in [-0.39, 0.29) is 11.9 Å². The maximum absolute atomic E-state index is 12.9. The number of nitrogens with one attached hydrogen (secondary N) is 2. The average molecular weight is 444 g/mol. The van der Waals surface area contributed by atoms with Crippen molar-refractivity contribution >= 4 is 28.1 Å². The van der Waals surface area contributed by atoms with Gasteiger partial charge in [0.15, 0.2) is 0 Å². The maximum atomic E-state index is 12.9. The number of aryl methyl sites for hydroxylation is 1. The van der Waals surface area contributed by atoms with Gasteiger partial charge in [-0.2, -0.15) is 0 Å². The predicted octanol–water partition coefficient (Wildman–Crippen LogP) is 6.22. The molecule has 2 aromatic heterocycles. The standard InChI is InChI=1S/C26H25N3O2S/c1-17-18(2)32-26(29-25(30)19-10-5-4-6-11-19)23(17)24(28-22-14-7-8-15-27-22)20-12-9-13-21(16-20)31-3/h4-16,24H,1-3H3,(H,27,28)(H,29,30). The fourth-order valence-electron chi connectivity index (χ4n) is 3.59. The second-order valence-corrected chi connectivity index (χ2v) is 8.64. The van der Waals surface area contributed by atoms with Crippen molar-refractivity contribution in [3.63, 3.8) is 0 Å². The van der Waals surface area contributed by atoms with Crippen molar-refractivity contribution in [1.82, 2.24) is 4.98 Å². The van der Waals surface area contributed by atoms with Crippen LogP contribution in [0.1, 0.15) is 38.0 Å². The monoisotopic (exact) mass is 443 g/mol. The third-order valence-electron chi connectivity index (χ3n) is 5.37. The van der Waals surface area contributed by atoms with Gasteiger partial charge in [0.25, 0.3) is 5.91 Å². The zero-order valence-corrected chi connectivity index (χ0v) is 19.1. The molecule has 1 unspecified atom stereocenters. The van der Waals surface area contributed by atoms with Gasteiger partial charge in [0.1, 0.15) is 16.6 Å². The lowest BCUT2D eigenvalue weighted by Gasteiger charge is -2.23. The van der Waals surface area contributed by atoms with Crippen LogP contribution in [-0.4, -0.2) is 18.0 Å². The van der Waals surface area contributed by atoms with Gasteiger partial charge in [0, 0.05) is 22.2 Å². The zero-order valence-electron chi connectivity index (χ0n) is 18.3. The number of methoxy groups -OCH3 is 1. The highest BCUT2D eigenvalue weighted by atomic mass is 32.1. The molecule has 32 heavy (non-hydrogen) atoms. The Balaban J connectivity index is 1.79. The molecule has 1 amide bonds. The summed E-state index contributed by atoms with van der Waals surface area (Å²) >= 11 is 1.58. The number of thiophene rings is 1. The Morgan fingerprint density at radius 1 is 1.00 bits per heavy atom. The molecule has 0 bridgehead atoms. The Morgan fingerprint density at radius 3 is 2.50 bits per heavy atom. The summed E-state index contributed by atoms with van der Waals surface area (Å²) in [5, 5.41) is 7.52. The average Bonchev–Trinajstić information content (AvgIpc) is 3.11. The van der Waals surface area contributed by atoms with Gasteiger partial charge in [-0.3, -0.25) is 4.79 Å². The van der Waals surface area contributed by atoms with E-state index in [4.69, 9.17) is 4.74 Å². The fourth-order valence-corrected chi connectivity index (χ4v) is 4.68. The maximum Gasteiger partial charge on any atom is 0.256 e. The Labute approximate surface area is 192 Å². The number of amides is 1. The van der Waals surface area contributed by atoms with Gasteiger partial charge < -0.3 is 15.4 Å². The van der Waals surface area contributed by atoms with E-state index in [1.807, 2.05) is 66.7 Å². The van der Waals surface area contributed by atoms with Crippen molar-refractivity contribution in [3.05, 3.63) is 106 Å². The minimum absolute atomic E-state index is 0.129. The molecule has 0 radical (unpaired) electrons. The minimum atomic E-state index is -0.226. The fraction of sp³-hybridized carbons (Fsp3) is 0.154. The van der Waals surface area contributed by atoms with Crippen LogP contribution in [0.5, 0.6) is 5.75 Å². The quantitative estimate of drug-likeness (QED) is 0.356. The molecule has 1 atom stereocenters. The molecule has 0 saturated carbocycles. The van der Waals surface area contributed by atoms with E-state index >= 15 is 0 Å². The van der Waals surface area contributed by atoms with Crippen LogP contribution in [0.3, 0.4) is 0 Å². The number of aromatic nitrogens is 1. The molecule has 0 aliphatic rings. The molecule has 2 aromatic carbocycles. The van der Waals surface area contributed by atoms with E-state index in [0.717, 1.165) is 38.1 Å². The molecule has 4 aromatic rings. The largest absolute Gasteiger partial charge is 0.497 e. The predicted molar refractivity (Wildman–Crippen MR) is 131 cm³/mol. The van der Waals surface area contributed by atoms with E-state index in [1.165, 1.54) is 0 Å². The summed E-state index contributed by atoms with van der Waals surface area (Å²) < 4.78 is 5.47. The van der Waals surface area contributed by atoms with E-state index in [9.17, 15) is 4.79 Å². The number of pyridine rings is 1. The van der Waals surface area contributed by atoms with E-state index in [1.54, 1.807) is 24.6 Å². The number of rotatable bonds is 7. The van der Waals surface area contributed by atoms with Crippen LogP contribution >= 0.6 is 11.3 Å². The third kappa shape index (κ3) is 4.65. The molecule has 0 saturated heterocycles. The van der Waals surface area contributed by atoms with Crippen LogP contribution in [0.4, 0.5) is 10.8 Å². The first-order chi connectivity index (χ1) is 15.6. The number of hydrogen-bond donors (Lipinski definition) is 2. The lowest BCUT2D eigenvalue weighted by Crippen LogP contribution is -2.18. The van der Waals surface area contributed by atoms with Crippen molar-refractivity contribution in [2.75, 3.05) is 17.7 Å². The molecule has 0 aliphatic heterocycles. The summed E-state index contributed by atoms with van der Waals surface area (Å²) in [4.78, 5) is 18.6. The molecular formula is C26H25N3O2S. The van der Waals surface area contributed by atoms with Crippen molar-refractivity contribution < 1.29 is 9.53 Å². The molecule has 2 heterocycles. The molecule has 0 aliphatic carbocycles. The van der Waals surface area contributed by atoms with Crippen LogP contribution in [0.2, 0.25) is 0 Å². The number of anilines is 2. The molecule has 2 N–H and O–H groups in total. The van der Waals surface area contributed by atoms with E-state index in [0.29, 0.717) is 5.56 Å². The molecule has 0 fully saturated rings. The molecular weight excluding hydrogens is 418 g/mol. The first-order valence-corrected chi connectivity index (χ1v) is 11.2. The van der Waals surface area contributed by atoms with Gasteiger partial charge in [-0.15, -0.1) is 11.3 Å². The van der Waals surface area contributed by atoms with Crippen molar-refractivity contribution in [2.24, 2.45) is 0 Å². The van der Waals surface area contributed by atoms with E-state index < -0.39 is 0 Å². The van der Waals surface area contributed by atoms with Crippen molar-refractivity contribution in [1.29, 1.82) is 0 Å². The number of benzene rings is 2. The van der Waals surface area contributed by atoms with Gasteiger partial charge in [0.2, 0.25) is 0 Å². The van der Waals surface area contributed by atoms with Gasteiger partial charge in [-0.25, -0.2) is 4.98 Å². The van der Waals surface area contributed by atoms with Crippen molar-refractivity contribution in [3.8, 4) is 5.75 Å². The molecule has 6 heteroatoms. The summed E-state index contributed by atoms with van der Waals surface area (Å²) in [5.74, 6) is 1.40. The SMILES string of the molecule is COc1cccc(C(Nc2ccccn2)c2c(NC(=O)c3ccccc3)sc(C)c2C)c1. The Kier molecular flexibility index (Phi) is 6.52. The topological polar surface area (TPSA) is 63.2 Å². The zero-order chi connectivity index (χ0) is 22.5. The highest BCUT2D eigenvalue weighted by molar-refractivity contribution is 7.16. The first-order valence-electron chi connectivity index (χ1n) is 10.3. The lowest BCUT2D eigenvalue weighted by atomic mass is 9.96. The molecule has 0 spiro atoms. The van der Waals surface area contributed by atoms with Gasteiger partial charge >= 0.3 is 0 Å². The Morgan fingerprint density at radius 2 is 1.78 bits per heavy atom. The summed E-state index contributed by atoms with van der Waals surface area (Å²) in [5.41, 5.74) is 3.80. The molecule has 5 nitrogen and oxygen atoms in total. The second kappa shape index (κ2) is 9.66. The highest BCUT2D eigenvalue weighted by Crippen LogP contribution is 2.41. The number of ether oxygens (including phenoxy) is 1. The van der Waals surface area contributed by atoms with Gasteiger partial charge in [-0.1, -0.05) is 36.4 Å². The number of carbonyl (C=O) groups is 1.